The van der Waals surface area contributed by atoms with Gasteiger partial charge in [-0.3, -0.25) is 4.99 Å². The van der Waals surface area contributed by atoms with E-state index in [4.69, 9.17) is 14.2 Å². The zero-order chi connectivity index (χ0) is 18.4. The molecule has 0 spiro atoms. The number of esters is 1. The molecule has 3 rings (SSSR count). The molecule has 1 aliphatic rings. The summed E-state index contributed by atoms with van der Waals surface area (Å²) in [4.78, 5) is 16.7. The highest BCUT2D eigenvalue weighted by atomic mass is 16.5. The molecule has 0 fully saturated rings. The van der Waals surface area contributed by atoms with Crippen LogP contribution in [0.3, 0.4) is 0 Å². The normalized spacial score (nSPS) is 12.2. The molecule has 0 saturated heterocycles. The van der Waals surface area contributed by atoms with Crippen molar-refractivity contribution in [3.05, 3.63) is 59.2 Å². The van der Waals surface area contributed by atoms with Crippen LogP contribution in [0.15, 0.2) is 47.5 Å². The van der Waals surface area contributed by atoms with Crippen LogP contribution < -0.4 is 14.8 Å². The fourth-order valence-corrected chi connectivity index (χ4v) is 2.78. The molecule has 2 aromatic carbocycles. The van der Waals surface area contributed by atoms with Gasteiger partial charge in [-0.25, -0.2) is 4.79 Å². The van der Waals surface area contributed by atoms with Crippen molar-refractivity contribution in [1.29, 1.82) is 0 Å². The number of amidine groups is 1. The Morgan fingerprint density at radius 2 is 2.00 bits per heavy atom. The van der Waals surface area contributed by atoms with E-state index >= 15 is 0 Å². The highest BCUT2D eigenvalue weighted by Gasteiger charge is 2.16. The molecule has 6 heteroatoms. The first-order valence-electron chi connectivity index (χ1n) is 8.48. The van der Waals surface area contributed by atoms with Crippen molar-refractivity contribution in [2.45, 2.75) is 13.0 Å². The number of methoxy groups -OCH3 is 2. The molecule has 0 amide bonds. The van der Waals surface area contributed by atoms with E-state index in [9.17, 15) is 4.79 Å². The second-order valence-corrected chi connectivity index (χ2v) is 5.80. The van der Waals surface area contributed by atoms with E-state index in [2.05, 4.69) is 22.4 Å². The second kappa shape index (κ2) is 8.38. The largest absolute Gasteiger partial charge is 0.497 e. The molecule has 1 N–H and O–H groups in total. The number of rotatable bonds is 7. The van der Waals surface area contributed by atoms with Gasteiger partial charge < -0.3 is 19.5 Å². The molecule has 0 saturated carbocycles. The van der Waals surface area contributed by atoms with Gasteiger partial charge in [0.05, 0.1) is 27.4 Å². The summed E-state index contributed by atoms with van der Waals surface area (Å²) in [6, 6.07) is 13.2. The van der Waals surface area contributed by atoms with E-state index in [1.165, 1.54) is 12.7 Å². The van der Waals surface area contributed by atoms with Crippen LogP contribution in [0, 0.1) is 0 Å². The number of nitrogens with one attached hydrogen (secondary N) is 1. The maximum absolute atomic E-state index is 12.2. The fourth-order valence-electron chi connectivity index (χ4n) is 2.78. The first-order chi connectivity index (χ1) is 12.7. The zero-order valence-electron chi connectivity index (χ0n) is 15.0. The lowest BCUT2D eigenvalue weighted by molar-refractivity contribution is 0.0498. The zero-order valence-corrected chi connectivity index (χ0v) is 15.0. The van der Waals surface area contributed by atoms with Crippen LogP contribution in [-0.2, 0) is 11.3 Å². The van der Waals surface area contributed by atoms with Gasteiger partial charge in [-0.15, -0.1) is 0 Å². The first kappa shape index (κ1) is 17.8. The Morgan fingerprint density at radius 1 is 1.15 bits per heavy atom. The van der Waals surface area contributed by atoms with E-state index in [-0.39, 0.29) is 0 Å². The molecule has 0 bridgehead atoms. The molecule has 1 heterocycles. The van der Waals surface area contributed by atoms with E-state index in [0.29, 0.717) is 43.2 Å². The van der Waals surface area contributed by atoms with Gasteiger partial charge in [0.15, 0.2) is 0 Å². The van der Waals surface area contributed by atoms with Crippen LogP contribution >= 0.6 is 0 Å². The fraction of sp³-hybridized carbons (Fsp3) is 0.300. The maximum atomic E-state index is 12.2. The molecule has 26 heavy (non-hydrogen) atoms. The number of carbonyl (C=O) groups is 1. The van der Waals surface area contributed by atoms with Gasteiger partial charge in [-0.05, 0) is 24.1 Å². The number of aliphatic imine (C=N–C) groups is 1. The summed E-state index contributed by atoms with van der Waals surface area (Å²) in [5, 5.41) is 3.31. The number of ether oxygens (including phenoxy) is 3. The smallest absolute Gasteiger partial charge is 0.341 e. The molecule has 1 aliphatic heterocycles. The van der Waals surface area contributed by atoms with Gasteiger partial charge in [0.2, 0.25) is 0 Å². The van der Waals surface area contributed by atoms with Crippen LogP contribution in [0.2, 0.25) is 0 Å². The van der Waals surface area contributed by atoms with Crippen molar-refractivity contribution >= 4 is 11.8 Å². The summed E-state index contributed by atoms with van der Waals surface area (Å²) in [7, 11) is 3.07. The number of hydrogen-bond acceptors (Lipinski definition) is 6. The summed E-state index contributed by atoms with van der Waals surface area (Å²) in [6.07, 6.45) is 0.686. The van der Waals surface area contributed by atoms with Crippen LogP contribution in [-0.4, -0.2) is 39.2 Å². The highest BCUT2D eigenvalue weighted by molar-refractivity contribution is 6.01. The molecule has 6 nitrogen and oxygen atoms in total. The average Bonchev–Trinajstić information content (AvgIpc) is 3.10. The number of fused-ring (bicyclic) bond motifs is 1. The van der Waals surface area contributed by atoms with Gasteiger partial charge in [0.1, 0.15) is 22.9 Å². The molecule has 0 aliphatic carbocycles. The predicted molar refractivity (Wildman–Crippen MR) is 99.1 cm³/mol. The lowest BCUT2D eigenvalue weighted by Crippen LogP contribution is -2.25. The van der Waals surface area contributed by atoms with Gasteiger partial charge in [0, 0.05) is 18.2 Å². The Bertz CT molecular complexity index is 817. The first-order valence-corrected chi connectivity index (χ1v) is 8.48. The minimum absolute atomic E-state index is 0.315. The van der Waals surface area contributed by atoms with Gasteiger partial charge in [-0.2, -0.15) is 0 Å². The summed E-state index contributed by atoms with van der Waals surface area (Å²) in [6.45, 7) is 1.71. The Kier molecular flexibility index (Phi) is 5.73. The summed E-state index contributed by atoms with van der Waals surface area (Å²) >= 11 is 0. The third-order valence-corrected chi connectivity index (χ3v) is 4.16. The number of hydrogen-bond donors (Lipinski definition) is 1. The standard InChI is InChI=1S/C20H22N2O4/c1-24-15-8-9-17(18(12-15)25-2)20(23)26-11-5-10-21-19-16-7-4-3-6-14(16)13-22-19/h3-4,6-9,12H,5,10-11,13H2,1-2H3,(H,21,22). The number of nitrogens with zero attached hydrogens (tertiary/aromatic N) is 1. The van der Waals surface area contributed by atoms with Gasteiger partial charge in [-0.1, -0.05) is 24.3 Å². The Hall–Kier alpha value is -3.02. The predicted octanol–water partition coefficient (Wildman–Crippen LogP) is 2.80. The van der Waals surface area contributed by atoms with Crippen molar-refractivity contribution < 1.29 is 19.0 Å². The lowest BCUT2D eigenvalue weighted by atomic mass is 10.1. The Balaban J connectivity index is 1.45. The minimum atomic E-state index is -0.409. The molecular formula is C20H22N2O4. The van der Waals surface area contributed by atoms with Crippen molar-refractivity contribution in [3.63, 3.8) is 0 Å². The molecule has 0 radical (unpaired) electrons. The monoisotopic (exact) mass is 354 g/mol. The molecule has 0 aromatic heterocycles. The van der Waals surface area contributed by atoms with Crippen molar-refractivity contribution in [2.75, 3.05) is 27.4 Å². The highest BCUT2D eigenvalue weighted by Crippen LogP contribution is 2.25. The van der Waals surface area contributed by atoms with Crippen molar-refractivity contribution in [1.82, 2.24) is 5.32 Å². The quantitative estimate of drug-likeness (QED) is 0.612. The second-order valence-electron chi connectivity index (χ2n) is 5.80. The van der Waals surface area contributed by atoms with Crippen LogP contribution in [0.25, 0.3) is 0 Å². The Morgan fingerprint density at radius 3 is 2.81 bits per heavy atom. The maximum Gasteiger partial charge on any atom is 0.341 e. The van der Waals surface area contributed by atoms with E-state index in [0.717, 1.165) is 11.4 Å². The molecule has 136 valence electrons. The van der Waals surface area contributed by atoms with Crippen molar-refractivity contribution in [3.8, 4) is 11.5 Å². The van der Waals surface area contributed by atoms with E-state index in [1.54, 1.807) is 25.3 Å². The molecule has 0 unspecified atom stereocenters. The molecular weight excluding hydrogens is 332 g/mol. The summed E-state index contributed by atoms with van der Waals surface area (Å²) < 4.78 is 15.7. The van der Waals surface area contributed by atoms with E-state index in [1.807, 2.05) is 12.1 Å². The number of benzene rings is 2. The minimum Gasteiger partial charge on any atom is -0.497 e. The third-order valence-electron chi connectivity index (χ3n) is 4.16. The lowest BCUT2D eigenvalue weighted by Gasteiger charge is -2.11. The van der Waals surface area contributed by atoms with Crippen LogP contribution in [0.5, 0.6) is 11.5 Å². The number of carbonyl (C=O) groups excluding carboxylic acids is 1. The Labute approximate surface area is 152 Å². The van der Waals surface area contributed by atoms with Crippen LogP contribution in [0.4, 0.5) is 0 Å². The van der Waals surface area contributed by atoms with Crippen LogP contribution in [0.1, 0.15) is 27.9 Å². The average molecular weight is 354 g/mol. The SMILES string of the molecule is COc1ccc(C(=O)OCCCNC2=NCc3ccccc32)c(OC)c1. The topological polar surface area (TPSA) is 69.2 Å². The van der Waals surface area contributed by atoms with Gasteiger partial charge in [0.25, 0.3) is 0 Å². The summed E-state index contributed by atoms with van der Waals surface area (Å²) in [5.74, 6) is 1.56. The molecule has 2 aromatic rings. The molecule has 0 atom stereocenters. The van der Waals surface area contributed by atoms with Crippen molar-refractivity contribution in [2.24, 2.45) is 4.99 Å². The van der Waals surface area contributed by atoms with Gasteiger partial charge >= 0.3 is 5.97 Å². The van der Waals surface area contributed by atoms with E-state index < -0.39 is 5.97 Å². The summed E-state index contributed by atoms with van der Waals surface area (Å²) in [5.41, 5.74) is 2.76. The third kappa shape index (κ3) is 3.96.